The van der Waals surface area contributed by atoms with Gasteiger partial charge in [-0.15, -0.1) is 0 Å². The maximum Gasteiger partial charge on any atom is 0.320 e. The smallest absolute Gasteiger partial charge is 0.320 e. The number of aromatic nitrogens is 2. The molecule has 0 atom stereocenters. The van der Waals surface area contributed by atoms with Crippen molar-refractivity contribution < 1.29 is 4.79 Å². The van der Waals surface area contributed by atoms with Gasteiger partial charge < -0.3 is 15.5 Å². The highest BCUT2D eigenvalue weighted by atomic mass is 32.1. The molecule has 1 aliphatic carbocycles. The van der Waals surface area contributed by atoms with E-state index in [9.17, 15) is 4.79 Å². The molecule has 2 aliphatic rings. The molecular formula is C14H20N6OS. The van der Waals surface area contributed by atoms with Crippen LogP contribution < -0.4 is 16.0 Å². The molecule has 0 bridgehead atoms. The number of thiocarbonyl (C=S) groups is 1. The summed E-state index contributed by atoms with van der Waals surface area (Å²) in [6.07, 6.45) is 3.90. The molecule has 1 aromatic heterocycles. The van der Waals surface area contributed by atoms with E-state index >= 15 is 0 Å². The van der Waals surface area contributed by atoms with Gasteiger partial charge in [0.1, 0.15) is 11.6 Å². The highest BCUT2D eigenvalue weighted by Gasteiger charge is 2.42. The van der Waals surface area contributed by atoms with Gasteiger partial charge in [-0.05, 0) is 31.1 Å². The molecule has 118 valence electrons. The van der Waals surface area contributed by atoms with Crippen LogP contribution in [0.3, 0.4) is 0 Å². The molecule has 3 rings (SSSR count). The van der Waals surface area contributed by atoms with Crippen LogP contribution >= 0.6 is 12.2 Å². The number of nitrogens with zero attached hydrogens (tertiary/aromatic N) is 3. The van der Waals surface area contributed by atoms with E-state index in [0.29, 0.717) is 18.9 Å². The molecule has 1 saturated heterocycles. The minimum atomic E-state index is -0.260. The third-order valence-corrected chi connectivity index (χ3v) is 4.45. The quantitative estimate of drug-likeness (QED) is 0.698. The summed E-state index contributed by atoms with van der Waals surface area (Å²) in [4.78, 5) is 22.6. The summed E-state index contributed by atoms with van der Waals surface area (Å²) >= 11 is 5.15. The van der Waals surface area contributed by atoms with Crippen molar-refractivity contribution >= 4 is 29.2 Å². The highest BCUT2D eigenvalue weighted by Crippen LogP contribution is 2.45. The number of carbonyl (C=O) groups excluding carboxylic acids is 1. The minimum Gasteiger partial charge on any atom is -0.361 e. The lowest BCUT2D eigenvalue weighted by molar-refractivity contribution is 0.251. The molecule has 1 aromatic rings. The lowest BCUT2D eigenvalue weighted by Gasteiger charge is -2.16. The second-order valence-corrected chi connectivity index (χ2v) is 6.31. The molecular weight excluding hydrogens is 300 g/mol. The maximum atomic E-state index is 11.9. The Morgan fingerprint density at radius 2 is 2.36 bits per heavy atom. The van der Waals surface area contributed by atoms with Gasteiger partial charge in [-0.2, -0.15) is 0 Å². The zero-order valence-electron chi connectivity index (χ0n) is 12.6. The third-order valence-electron chi connectivity index (χ3n) is 4.05. The van der Waals surface area contributed by atoms with Crippen LogP contribution in [0, 0.1) is 0 Å². The average Bonchev–Trinajstić information content (AvgIpc) is 3.12. The van der Waals surface area contributed by atoms with Gasteiger partial charge in [0.15, 0.2) is 5.11 Å². The van der Waals surface area contributed by atoms with Crippen LogP contribution in [0.5, 0.6) is 0 Å². The first-order valence-corrected chi connectivity index (χ1v) is 7.89. The number of nitrogens with one attached hydrogen (secondary N) is 3. The van der Waals surface area contributed by atoms with E-state index in [1.165, 1.54) is 0 Å². The summed E-state index contributed by atoms with van der Waals surface area (Å²) in [7, 11) is 0. The molecule has 3 N–H and O–H groups in total. The van der Waals surface area contributed by atoms with E-state index in [1.807, 2.05) is 4.90 Å². The van der Waals surface area contributed by atoms with E-state index in [4.69, 9.17) is 12.2 Å². The topological polar surface area (TPSA) is 82.2 Å². The lowest BCUT2D eigenvalue weighted by Crippen LogP contribution is -2.38. The predicted octanol–water partition coefficient (Wildman–Crippen LogP) is 0.840. The Bertz CT molecular complexity index is 588. The predicted molar refractivity (Wildman–Crippen MR) is 87.8 cm³/mol. The second kappa shape index (κ2) is 6.04. The molecule has 0 unspecified atom stereocenters. The molecule has 22 heavy (non-hydrogen) atoms. The Morgan fingerprint density at radius 3 is 3.05 bits per heavy atom. The van der Waals surface area contributed by atoms with Gasteiger partial charge >= 0.3 is 6.03 Å². The number of carbonyl (C=O) groups is 1. The fourth-order valence-corrected chi connectivity index (χ4v) is 2.60. The van der Waals surface area contributed by atoms with Crippen molar-refractivity contribution in [1.82, 2.24) is 25.5 Å². The Hall–Kier alpha value is -1.96. The van der Waals surface area contributed by atoms with E-state index in [1.54, 1.807) is 12.3 Å². The van der Waals surface area contributed by atoms with Gasteiger partial charge in [0.2, 0.25) is 0 Å². The molecule has 7 nitrogen and oxygen atoms in total. The molecule has 0 aromatic carbocycles. The fourth-order valence-electron chi connectivity index (χ4n) is 2.32. The van der Waals surface area contributed by atoms with Crippen molar-refractivity contribution in [2.24, 2.45) is 0 Å². The summed E-state index contributed by atoms with van der Waals surface area (Å²) in [5, 5.41) is 9.40. The van der Waals surface area contributed by atoms with Crippen LogP contribution in [-0.4, -0.2) is 52.2 Å². The number of anilines is 1. The lowest BCUT2D eigenvalue weighted by atomic mass is 10.1. The normalized spacial score (nSPS) is 18.8. The van der Waals surface area contributed by atoms with Crippen LogP contribution in [0.15, 0.2) is 12.3 Å². The molecule has 8 heteroatoms. The van der Waals surface area contributed by atoms with E-state index in [-0.39, 0.29) is 11.4 Å². The molecule has 1 aliphatic heterocycles. The van der Waals surface area contributed by atoms with Crippen molar-refractivity contribution in [3.63, 3.8) is 0 Å². The van der Waals surface area contributed by atoms with Crippen LogP contribution in [0.25, 0.3) is 0 Å². The number of hydrogen-bond acceptors (Lipinski definition) is 4. The number of hydrogen-bond donors (Lipinski definition) is 3. The molecule has 0 spiro atoms. The largest absolute Gasteiger partial charge is 0.361 e. The fraction of sp³-hybridized carbons (Fsp3) is 0.571. The number of rotatable bonds is 5. The standard InChI is InChI=1S/C14H20N6OS/c1-14(3-4-14)11-15-5-2-10(18-11)19-12(21)16-6-8-20-9-7-17-13(20)22/h2,5H,3-4,6-9H2,1H3,(H,17,22)(H2,15,16,18,19,21). The molecule has 2 heterocycles. The van der Waals surface area contributed by atoms with Crippen LogP contribution in [0.2, 0.25) is 0 Å². The summed E-state index contributed by atoms with van der Waals surface area (Å²) in [5.74, 6) is 1.34. The van der Waals surface area contributed by atoms with Gasteiger partial charge in [0.05, 0.1) is 0 Å². The zero-order valence-corrected chi connectivity index (χ0v) is 13.4. The van der Waals surface area contributed by atoms with E-state index < -0.39 is 0 Å². The summed E-state index contributed by atoms with van der Waals surface area (Å²) in [6, 6.07) is 1.44. The Balaban J connectivity index is 1.46. The van der Waals surface area contributed by atoms with Gasteiger partial charge in [-0.3, -0.25) is 5.32 Å². The van der Waals surface area contributed by atoms with Gasteiger partial charge in [-0.25, -0.2) is 14.8 Å². The highest BCUT2D eigenvalue weighted by molar-refractivity contribution is 7.80. The molecule has 2 fully saturated rings. The van der Waals surface area contributed by atoms with Gasteiger partial charge in [0, 0.05) is 37.8 Å². The Labute approximate surface area is 134 Å². The van der Waals surface area contributed by atoms with Crippen molar-refractivity contribution in [3.05, 3.63) is 18.1 Å². The first kappa shape index (κ1) is 15.0. The first-order chi connectivity index (χ1) is 10.6. The number of amides is 2. The summed E-state index contributed by atoms with van der Waals surface area (Å²) < 4.78 is 0. The van der Waals surface area contributed by atoms with Crippen molar-refractivity contribution in [1.29, 1.82) is 0 Å². The van der Waals surface area contributed by atoms with Gasteiger partial charge in [0.25, 0.3) is 0 Å². The maximum absolute atomic E-state index is 11.9. The zero-order chi connectivity index (χ0) is 15.6. The summed E-state index contributed by atoms with van der Waals surface area (Å²) in [5.41, 5.74) is 0.0899. The Morgan fingerprint density at radius 1 is 1.55 bits per heavy atom. The van der Waals surface area contributed by atoms with Crippen LogP contribution in [-0.2, 0) is 5.41 Å². The van der Waals surface area contributed by atoms with E-state index in [2.05, 4.69) is 32.8 Å². The molecule has 2 amide bonds. The molecule has 0 radical (unpaired) electrons. The SMILES string of the molecule is CC1(c2nccc(NC(=O)NCCN3CCNC3=S)n2)CC1. The number of urea groups is 1. The van der Waals surface area contributed by atoms with Crippen molar-refractivity contribution in [2.45, 2.75) is 25.2 Å². The minimum absolute atomic E-state index is 0.0899. The summed E-state index contributed by atoms with van der Waals surface area (Å²) in [6.45, 7) is 5.12. The third kappa shape index (κ3) is 3.44. The monoisotopic (exact) mass is 320 g/mol. The Kier molecular flexibility index (Phi) is 4.10. The van der Waals surface area contributed by atoms with E-state index in [0.717, 1.165) is 36.9 Å². The first-order valence-electron chi connectivity index (χ1n) is 7.48. The van der Waals surface area contributed by atoms with Crippen molar-refractivity contribution in [2.75, 3.05) is 31.5 Å². The van der Waals surface area contributed by atoms with Crippen LogP contribution in [0.4, 0.5) is 10.6 Å². The second-order valence-electron chi connectivity index (χ2n) is 5.93. The van der Waals surface area contributed by atoms with Gasteiger partial charge in [-0.1, -0.05) is 6.92 Å². The average molecular weight is 320 g/mol. The van der Waals surface area contributed by atoms with Crippen LogP contribution in [0.1, 0.15) is 25.6 Å². The molecule has 1 saturated carbocycles. The van der Waals surface area contributed by atoms with Crippen molar-refractivity contribution in [3.8, 4) is 0 Å².